The molecule has 1 aliphatic rings. The van der Waals surface area contributed by atoms with Crippen molar-refractivity contribution >= 4 is 15.9 Å². The summed E-state index contributed by atoms with van der Waals surface area (Å²) in [6.45, 7) is 5.42. The molecule has 0 heterocycles. The highest BCUT2D eigenvalue weighted by atomic mass is 79.9. The molecule has 0 aliphatic heterocycles. The van der Waals surface area contributed by atoms with Crippen molar-refractivity contribution in [2.45, 2.75) is 51.7 Å². The van der Waals surface area contributed by atoms with Crippen LogP contribution in [0.1, 0.15) is 45.1 Å². The summed E-state index contributed by atoms with van der Waals surface area (Å²) >= 11 is 3.67. The highest BCUT2D eigenvalue weighted by molar-refractivity contribution is 9.09. The maximum Gasteiger partial charge on any atom is 0.0783 e. The standard InChI is InChI=1S/C17H25BrO/c1-14(2)16-8-10-17(13-18,11-9-16)19-12-15-6-4-3-5-7-15/h3-7,14,16H,8-13H2,1-2H3. The third-order valence-corrected chi connectivity index (χ3v) is 5.54. The SMILES string of the molecule is CC(C)C1CCC(CBr)(OCc2ccccc2)CC1. The Labute approximate surface area is 125 Å². The topological polar surface area (TPSA) is 9.23 Å². The Balaban J connectivity index is 1.90. The lowest BCUT2D eigenvalue weighted by atomic mass is 9.75. The Morgan fingerprint density at radius 1 is 1.21 bits per heavy atom. The molecule has 106 valence electrons. The van der Waals surface area contributed by atoms with E-state index in [9.17, 15) is 0 Å². The number of alkyl halides is 1. The van der Waals surface area contributed by atoms with Gasteiger partial charge in [0.25, 0.3) is 0 Å². The van der Waals surface area contributed by atoms with Gasteiger partial charge in [-0.25, -0.2) is 0 Å². The van der Waals surface area contributed by atoms with Gasteiger partial charge in [0.2, 0.25) is 0 Å². The van der Waals surface area contributed by atoms with Crippen LogP contribution in [0.2, 0.25) is 0 Å². The minimum atomic E-state index is 0.0568. The van der Waals surface area contributed by atoms with Crippen molar-refractivity contribution in [3.63, 3.8) is 0 Å². The highest BCUT2D eigenvalue weighted by Gasteiger charge is 2.36. The van der Waals surface area contributed by atoms with Gasteiger partial charge in [0.05, 0.1) is 12.2 Å². The van der Waals surface area contributed by atoms with Crippen LogP contribution in [0.15, 0.2) is 30.3 Å². The molecule has 0 atom stereocenters. The van der Waals surface area contributed by atoms with Gasteiger partial charge in [0, 0.05) is 5.33 Å². The van der Waals surface area contributed by atoms with Crippen LogP contribution in [-0.4, -0.2) is 10.9 Å². The summed E-state index contributed by atoms with van der Waals surface area (Å²) in [5.41, 5.74) is 1.33. The number of hydrogen-bond acceptors (Lipinski definition) is 1. The van der Waals surface area contributed by atoms with Gasteiger partial charge < -0.3 is 4.74 Å². The van der Waals surface area contributed by atoms with Crippen LogP contribution in [0.5, 0.6) is 0 Å². The third kappa shape index (κ3) is 4.06. The van der Waals surface area contributed by atoms with Crippen molar-refractivity contribution < 1.29 is 4.74 Å². The molecule has 2 heteroatoms. The molecule has 0 spiro atoms. The van der Waals surface area contributed by atoms with Crippen LogP contribution >= 0.6 is 15.9 Å². The Morgan fingerprint density at radius 2 is 1.84 bits per heavy atom. The largest absolute Gasteiger partial charge is 0.369 e. The molecule has 1 fully saturated rings. The molecule has 1 aromatic carbocycles. The monoisotopic (exact) mass is 324 g/mol. The average Bonchev–Trinajstić information content (AvgIpc) is 2.46. The van der Waals surface area contributed by atoms with Gasteiger partial charge >= 0.3 is 0 Å². The van der Waals surface area contributed by atoms with E-state index in [1.165, 1.54) is 31.2 Å². The summed E-state index contributed by atoms with van der Waals surface area (Å²) in [6, 6.07) is 10.5. The van der Waals surface area contributed by atoms with Crippen LogP contribution in [0, 0.1) is 11.8 Å². The molecule has 0 aromatic heterocycles. The smallest absolute Gasteiger partial charge is 0.0783 e. The van der Waals surface area contributed by atoms with Gasteiger partial charge in [0.1, 0.15) is 0 Å². The van der Waals surface area contributed by atoms with Crippen molar-refractivity contribution in [2.75, 3.05) is 5.33 Å². The molecule has 0 radical (unpaired) electrons. The fourth-order valence-corrected chi connectivity index (χ4v) is 3.68. The summed E-state index contributed by atoms with van der Waals surface area (Å²) in [5, 5.41) is 0.956. The highest BCUT2D eigenvalue weighted by Crippen LogP contribution is 2.39. The molecule has 19 heavy (non-hydrogen) atoms. The molecular formula is C17H25BrO. The van der Waals surface area contributed by atoms with Crippen molar-refractivity contribution in [1.82, 2.24) is 0 Å². The first-order valence-electron chi connectivity index (χ1n) is 7.39. The molecule has 0 amide bonds. The lowest BCUT2D eigenvalue weighted by Gasteiger charge is -2.40. The molecule has 1 saturated carbocycles. The molecular weight excluding hydrogens is 300 g/mol. The quantitative estimate of drug-likeness (QED) is 0.678. The van der Waals surface area contributed by atoms with Crippen molar-refractivity contribution in [3.8, 4) is 0 Å². The van der Waals surface area contributed by atoms with Gasteiger partial charge in [0.15, 0.2) is 0 Å². The summed E-state index contributed by atoms with van der Waals surface area (Å²) in [6.07, 6.45) is 4.98. The first-order chi connectivity index (χ1) is 9.15. The van der Waals surface area contributed by atoms with E-state index in [-0.39, 0.29) is 5.60 Å². The van der Waals surface area contributed by atoms with Crippen LogP contribution in [0.25, 0.3) is 0 Å². The van der Waals surface area contributed by atoms with Crippen LogP contribution in [0.3, 0.4) is 0 Å². The maximum absolute atomic E-state index is 6.29. The number of rotatable bonds is 5. The number of ether oxygens (including phenoxy) is 1. The van der Waals surface area contributed by atoms with E-state index in [1.54, 1.807) is 0 Å². The minimum absolute atomic E-state index is 0.0568. The Hall–Kier alpha value is -0.340. The van der Waals surface area contributed by atoms with E-state index in [1.807, 2.05) is 0 Å². The average molecular weight is 325 g/mol. The predicted molar refractivity (Wildman–Crippen MR) is 84.6 cm³/mol. The Bertz CT molecular complexity index is 366. The Morgan fingerprint density at radius 3 is 2.37 bits per heavy atom. The zero-order chi connectivity index (χ0) is 13.7. The number of hydrogen-bond donors (Lipinski definition) is 0. The predicted octanol–water partition coefficient (Wildman–Crippen LogP) is 5.18. The first-order valence-corrected chi connectivity index (χ1v) is 8.51. The molecule has 2 rings (SSSR count). The second kappa shape index (κ2) is 6.90. The summed E-state index contributed by atoms with van der Waals surface area (Å²) in [4.78, 5) is 0. The molecule has 0 bridgehead atoms. The van der Waals surface area contributed by atoms with Gasteiger partial charge in [-0.3, -0.25) is 0 Å². The molecule has 1 nitrogen and oxygen atoms in total. The van der Waals surface area contributed by atoms with E-state index in [2.05, 4.69) is 60.1 Å². The van der Waals surface area contributed by atoms with E-state index in [0.717, 1.165) is 23.8 Å². The van der Waals surface area contributed by atoms with Gasteiger partial charge in [-0.05, 0) is 43.1 Å². The number of halogens is 1. The Kier molecular flexibility index (Phi) is 5.47. The molecule has 0 N–H and O–H groups in total. The fourth-order valence-electron chi connectivity index (χ4n) is 2.96. The zero-order valence-corrected chi connectivity index (χ0v) is 13.7. The fraction of sp³-hybridized carbons (Fsp3) is 0.647. The molecule has 0 saturated heterocycles. The second-order valence-electron chi connectivity index (χ2n) is 6.17. The summed E-state index contributed by atoms with van der Waals surface area (Å²) < 4.78 is 6.29. The van der Waals surface area contributed by atoms with E-state index >= 15 is 0 Å². The van der Waals surface area contributed by atoms with Crippen LogP contribution < -0.4 is 0 Å². The van der Waals surface area contributed by atoms with Crippen LogP contribution in [-0.2, 0) is 11.3 Å². The second-order valence-corrected chi connectivity index (χ2v) is 6.73. The number of benzene rings is 1. The molecule has 0 unspecified atom stereocenters. The molecule has 1 aromatic rings. The van der Waals surface area contributed by atoms with Crippen molar-refractivity contribution in [3.05, 3.63) is 35.9 Å². The van der Waals surface area contributed by atoms with Gasteiger partial charge in [-0.2, -0.15) is 0 Å². The first kappa shape index (κ1) is 15.1. The van der Waals surface area contributed by atoms with Crippen LogP contribution in [0.4, 0.5) is 0 Å². The minimum Gasteiger partial charge on any atom is -0.369 e. The summed E-state index contributed by atoms with van der Waals surface area (Å²) in [5.74, 6) is 1.69. The molecule has 1 aliphatic carbocycles. The zero-order valence-electron chi connectivity index (χ0n) is 12.1. The van der Waals surface area contributed by atoms with E-state index in [0.29, 0.717) is 0 Å². The van der Waals surface area contributed by atoms with Gasteiger partial charge in [-0.15, -0.1) is 0 Å². The van der Waals surface area contributed by atoms with Gasteiger partial charge in [-0.1, -0.05) is 60.1 Å². The van der Waals surface area contributed by atoms with Crippen molar-refractivity contribution in [1.29, 1.82) is 0 Å². The van der Waals surface area contributed by atoms with E-state index < -0.39 is 0 Å². The third-order valence-electron chi connectivity index (χ3n) is 4.52. The normalized spacial score (nSPS) is 27.7. The van der Waals surface area contributed by atoms with Crippen molar-refractivity contribution in [2.24, 2.45) is 11.8 Å². The lowest BCUT2D eigenvalue weighted by Crippen LogP contribution is -2.39. The van der Waals surface area contributed by atoms with E-state index in [4.69, 9.17) is 4.74 Å². The lowest BCUT2D eigenvalue weighted by molar-refractivity contribution is -0.0732. The summed E-state index contributed by atoms with van der Waals surface area (Å²) in [7, 11) is 0. The maximum atomic E-state index is 6.29.